The fourth-order valence-corrected chi connectivity index (χ4v) is 4.31. The van der Waals surface area contributed by atoms with E-state index >= 15 is 0 Å². The smallest absolute Gasteiger partial charge is 0.321 e. The Morgan fingerprint density at radius 2 is 1.89 bits per heavy atom. The fourth-order valence-electron chi connectivity index (χ4n) is 4.31. The number of nitrogens with one attached hydrogen (secondary N) is 2. The third-order valence-corrected chi connectivity index (χ3v) is 6.15. The van der Waals surface area contributed by atoms with E-state index in [0.717, 1.165) is 33.4 Å². The summed E-state index contributed by atoms with van der Waals surface area (Å²) in [6.45, 7) is 0.633. The van der Waals surface area contributed by atoms with Gasteiger partial charge in [-0.3, -0.25) is 19.9 Å². The number of methoxy groups -OCH3 is 1. The molecule has 2 heterocycles. The second kappa shape index (κ2) is 9.83. The minimum atomic E-state index is -0.648. The Hall–Kier alpha value is -4.79. The summed E-state index contributed by atoms with van der Waals surface area (Å²) >= 11 is 0. The first-order chi connectivity index (χ1) is 17.6. The summed E-state index contributed by atoms with van der Waals surface area (Å²) in [6.07, 6.45) is 2.04. The maximum Gasteiger partial charge on any atom is 0.321 e. The van der Waals surface area contributed by atoms with Crippen LogP contribution in [0.1, 0.15) is 27.5 Å². The average Bonchev–Trinajstić information content (AvgIpc) is 3.22. The van der Waals surface area contributed by atoms with Crippen LogP contribution in [0.3, 0.4) is 0 Å². The molecule has 1 aliphatic heterocycles. The Morgan fingerprint density at radius 3 is 2.64 bits per heavy atom. The van der Waals surface area contributed by atoms with Gasteiger partial charge in [0, 0.05) is 24.2 Å². The van der Waals surface area contributed by atoms with Gasteiger partial charge in [-0.2, -0.15) is 0 Å². The lowest BCUT2D eigenvalue weighted by atomic mass is 10.0. The molecule has 2 N–H and O–H groups in total. The number of nitrogens with zero attached hydrogens (tertiary/aromatic N) is 3. The number of urea groups is 1. The number of benzene rings is 3. The minimum absolute atomic E-state index is 0.144. The third-order valence-electron chi connectivity index (χ3n) is 6.15. The molecule has 0 saturated carbocycles. The van der Waals surface area contributed by atoms with E-state index in [2.05, 4.69) is 20.6 Å². The van der Waals surface area contributed by atoms with E-state index in [9.17, 15) is 14.4 Å². The highest BCUT2D eigenvalue weighted by molar-refractivity contribution is 5.98. The van der Waals surface area contributed by atoms with E-state index in [1.807, 2.05) is 60.7 Å². The summed E-state index contributed by atoms with van der Waals surface area (Å²) in [4.78, 5) is 46.9. The van der Waals surface area contributed by atoms with Gasteiger partial charge in [-0.25, -0.2) is 9.78 Å². The first-order valence-electron chi connectivity index (χ1n) is 11.3. The first-order valence-corrected chi connectivity index (χ1v) is 11.3. The number of aromatic nitrogens is 2. The topological polar surface area (TPSA) is 114 Å². The molecule has 4 aromatic rings. The lowest BCUT2D eigenvalue weighted by molar-refractivity contribution is -0.108. The van der Waals surface area contributed by atoms with Gasteiger partial charge < -0.3 is 15.0 Å². The third kappa shape index (κ3) is 4.58. The Bertz CT molecular complexity index is 1450. The van der Waals surface area contributed by atoms with Crippen LogP contribution < -0.4 is 15.4 Å². The summed E-state index contributed by atoms with van der Waals surface area (Å²) in [5.74, 6) is 0.464. The molecule has 0 radical (unpaired) electrons. The molecule has 3 aromatic carbocycles. The van der Waals surface area contributed by atoms with Gasteiger partial charge in [-0.15, -0.1) is 0 Å². The molecule has 9 heteroatoms. The number of hydrogen-bond donors (Lipinski definition) is 2. The van der Waals surface area contributed by atoms with Crippen molar-refractivity contribution in [2.45, 2.75) is 12.6 Å². The van der Waals surface area contributed by atoms with Gasteiger partial charge in [0.1, 0.15) is 5.75 Å². The largest absolute Gasteiger partial charge is 0.497 e. The Balaban J connectivity index is 1.39. The number of imide groups is 1. The number of amides is 4. The molecule has 36 heavy (non-hydrogen) atoms. The average molecular weight is 482 g/mol. The molecular weight excluding hydrogens is 458 g/mol. The first kappa shape index (κ1) is 23.0. The van der Waals surface area contributed by atoms with E-state index in [1.165, 1.54) is 0 Å². The van der Waals surface area contributed by atoms with Crippen molar-refractivity contribution in [2.75, 3.05) is 13.7 Å². The number of hydrogen-bond acceptors (Lipinski definition) is 6. The Kier molecular flexibility index (Phi) is 6.27. The molecule has 0 unspecified atom stereocenters. The van der Waals surface area contributed by atoms with E-state index in [-0.39, 0.29) is 12.5 Å². The van der Waals surface area contributed by atoms with Crippen molar-refractivity contribution in [3.05, 3.63) is 89.6 Å². The van der Waals surface area contributed by atoms with Crippen LogP contribution >= 0.6 is 0 Å². The summed E-state index contributed by atoms with van der Waals surface area (Å²) in [7, 11) is 1.55. The fraction of sp³-hybridized carbons (Fsp3) is 0.148. The monoisotopic (exact) mass is 481 g/mol. The molecule has 1 aromatic heterocycles. The highest BCUT2D eigenvalue weighted by atomic mass is 16.5. The zero-order valence-electron chi connectivity index (χ0n) is 19.5. The maximum absolute atomic E-state index is 13.1. The van der Waals surface area contributed by atoms with Gasteiger partial charge >= 0.3 is 6.03 Å². The van der Waals surface area contributed by atoms with Gasteiger partial charge in [-0.1, -0.05) is 42.5 Å². The van der Waals surface area contributed by atoms with Gasteiger partial charge in [0.15, 0.2) is 0 Å². The molecule has 5 rings (SSSR count). The Morgan fingerprint density at radius 1 is 1.11 bits per heavy atom. The van der Waals surface area contributed by atoms with Crippen molar-refractivity contribution in [1.29, 1.82) is 0 Å². The van der Waals surface area contributed by atoms with Gasteiger partial charge in [-0.05, 0) is 35.4 Å². The normalized spacial score (nSPS) is 13.2. The lowest BCUT2D eigenvalue weighted by Gasteiger charge is -2.25. The second-order valence-corrected chi connectivity index (χ2v) is 8.36. The Labute approximate surface area is 207 Å². The molecule has 180 valence electrons. The molecule has 0 bridgehead atoms. The van der Waals surface area contributed by atoms with Gasteiger partial charge in [0.2, 0.25) is 6.41 Å². The van der Waals surface area contributed by atoms with Crippen LogP contribution in [0.4, 0.5) is 4.79 Å². The van der Waals surface area contributed by atoms with Crippen molar-refractivity contribution in [1.82, 2.24) is 25.5 Å². The van der Waals surface area contributed by atoms with E-state index < -0.39 is 12.1 Å². The molecule has 1 aliphatic rings. The van der Waals surface area contributed by atoms with Crippen LogP contribution in [0, 0.1) is 0 Å². The van der Waals surface area contributed by atoms with Crippen molar-refractivity contribution in [3.63, 3.8) is 0 Å². The highest BCUT2D eigenvalue weighted by Gasteiger charge is 2.30. The zero-order chi connectivity index (χ0) is 25.1. The molecule has 0 spiro atoms. The van der Waals surface area contributed by atoms with E-state index in [1.54, 1.807) is 24.3 Å². The number of rotatable bonds is 7. The molecule has 4 amide bonds. The molecule has 9 nitrogen and oxygen atoms in total. The second-order valence-electron chi connectivity index (χ2n) is 8.36. The number of ether oxygens (including phenoxy) is 1. The summed E-state index contributed by atoms with van der Waals surface area (Å²) < 4.78 is 5.25. The van der Waals surface area contributed by atoms with Crippen LogP contribution in [0.15, 0.2) is 72.9 Å². The van der Waals surface area contributed by atoms with Gasteiger partial charge in [0.25, 0.3) is 5.91 Å². The highest BCUT2D eigenvalue weighted by Crippen LogP contribution is 2.29. The predicted octanol–water partition coefficient (Wildman–Crippen LogP) is 3.46. The molecule has 1 atom stereocenters. The van der Waals surface area contributed by atoms with Crippen molar-refractivity contribution in [2.24, 2.45) is 0 Å². The molecular formula is C27H23N5O4. The number of para-hydroxylation sites is 2. The number of carbonyl (C=O) groups excluding carboxylic acids is 3. The lowest BCUT2D eigenvalue weighted by Crippen LogP contribution is -2.42. The molecule has 0 fully saturated rings. The van der Waals surface area contributed by atoms with Crippen LogP contribution in [0.25, 0.3) is 22.3 Å². The van der Waals surface area contributed by atoms with Crippen LogP contribution in [0.2, 0.25) is 0 Å². The van der Waals surface area contributed by atoms with E-state index in [4.69, 9.17) is 4.74 Å². The number of carbonyl (C=O) groups is 3. The maximum atomic E-state index is 13.1. The van der Waals surface area contributed by atoms with Crippen molar-refractivity contribution >= 4 is 29.4 Å². The standard InChI is InChI=1S/C27H23N5O4/c1-36-20-11-10-19-14-32(26(34)21(19)12-20)15-25(31-27(35)29-16-33)18-8-6-17(7-9-18)24-13-28-22-4-2-3-5-23(22)30-24/h2-13,16,25H,14-15H2,1H3,(H2,29,31,33,35)/t25-/m0/s1. The molecule has 0 saturated heterocycles. The molecule has 0 aliphatic carbocycles. The predicted molar refractivity (Wildman–Crippen MR) is 133 cm³/mol. The van der Waals surface area contributed by atoms with Gasteiger partial charge in [0.05, 0.1) is 36.1 Å². The van der Waals surface area contributed by atoms with Crippen LogP contribution in [-0.2, 0) is 11.3 Å². The zero-order valence-corrected chi connectivity index (χ0v) is 19.5. The van der Waals surface area contributed by atoms with Crippen molar-refractivity contribution in [3.8, 4) is 17.0 Å². The van der Waals surface area contributed by atoms with Crippen LogP contribution in [0.5, 0.6) is 5.75 Å². The van der Waals surface area contributed by atoms with Crippen molar-refractivity contribution < 1.29 is 19.1 Å². The quantitative estimate of drug-likeness (QED) is 0.391. The summed E-state index contributed by atoms with van der Waals surface area (Å²) in [5, 5.41) is 4.89. The van der Waals surface area contributed by atoms with Crippen LogP contribution in [-0.4, -0.2) is 46.9 Å². The minimum Gasteiger partial charge on any atom is -0.497 e. The summed E-state index contributed by atoms with van der Waals surface area (Å²) in [6, 6.07) is 19.4. The SMILES string of the molecule is COc1ccc2c(c1)C(=O)N(C[C@H](NC(=O)NC=O)c1ccc(-c3cnc4ccccc4n3)cc1)C2. The van der Waals surface area contributed by atoms with E-state index in [0.29, 0.717) is 24.3 Å². The summed E-state index contributed by atoms with van der Waals surface area (Å²) in [5.41, 5.74) is 5.45. The number of fused-ring (bicyclic) bond motifs is 2.